The number of carbonyl (C=O) groups excluding carboxylic acids is 2. The summed E-state index contributed by atoms with van der Waals surface area (Å²) in [7, 11) is 1.07. The zero-order valence-corrected chi connectivity index (χ0v) is 9.45. The first-order valence-corrected chi connectivity index (χ1v) is 5.08. The van der Waals surface area contributed by atoms with E-state index in [0.29, 0.717) is 0 Å². The minimum atomic E-state index is -2.54. The van der Waals surface area contributed by atoms with Gasteiger partial charge < -0.3 is 14.4 Å². The van der Waals surface area contributed by atoms with E-state index in [4.69, 9.17) is 4.74 Å². The lowest BCUT2D eigenvalue weighted by atomic mass is 10.0. The lowest BCUT2D eigenvalue weighted by Gasteiger charge is -2.29. The lowest BCUT2D eigenvalue weighted by Crippen LogP contribution is -2.50. The van der Waals surface area contributed by atoms with Gasteiger partial charge in [0.05, 0.1) is 19.8 Å². The van der Waals surface area contributed by atoms with Crippen molar-refractivity contribution in [2.45, 2.75) is 37.7 Å². The third-order valence-electron chi connectivity index (χ3n) is 3.16. The van der Waals surface area contributed by atoms with Crippen molar-refractivity contribution in [2.24, 2.45) is 0 Å². The van der Waals surface area contributed by atoms with Crippen molar-refractivity contribution in [2.75, 3.05) is 13.7 Å². The average molecular weight is 231 g/mol. The van der Waals surface area contributed by atoms with Crippen molar-refractivity contribution in [1.29, 1.82) is 0 Å². The summed E-state index contributed by atoms with van der Waals surface area (Å²) in [5.41, 5.74) is -3.40. The van der Waals surface area contributed by atoms with Gasteiger partial charge in [-0.3, -0.25) is 4.79 Å². The summed E-state index contributed by atoms with van der Waals surface area (Å²) in [5.74, 6) is -1.98. The maximum atomic E-state index is 14.2. The van der Waals surface area contributed by atoms with Crippen LogP contribution in [0.1, 0.15) is 20.3 Å². The van der Waals surface area contributed by atoms with Crippen LogP contribution in [0.5, 0.6) is 0 Å². The molecule has 0 radical (unpaired) electrons. The van der Waals surface area contributed by atoms with Crippen LogP contribution in [-0.2, 0) is 19.1 Å². The number of halogens is 1. The number of hydrogen-bond donors (Lipinski definition) is 0. The third-order valence-corrected chi connectivity index (χ3v) is 3.16. The van der Waals surface area contributed by atoms with Gasteiger partial charge in [0.2, 0.25) is 0 Å². The van der Waals surface area contributed by atoms with Crippen molar-refractivity contribution in [3.63, 3.8) is 0 Å². The van der Waals surface area contributed by atoms with E-state index < -0.39 is 23.3 Å². The molecule has 6 heteroatoms. The molecular weight excluding hydrogens is 217 g/mol. The number of fused-ring (bicyclic) bond motifs is 1. The first kappa shape index (κ1) is 11.3. The molecule has 0 aliphatic carbocycles. The maximum absolute atomic E-state index is 14.2. The number of nitrogens with zero attached hydrogens (tertiary/aromatic N) is 1. The third kappa shape index (κ3) is 1.25. The Morgan fingerprint density at radius 3 is 2.75 bits per heavy atom. The number of alkyl halides is 1. The number of amides is 1. The topological polar surface area (TPSA) is 55.8 Å². The predicted octanol–water partition coefficient (Wildman–Crippen LogP) is 0.235. The van der Waals surface area contributed by atoms with Crippen LogP contribution in [0.15, 0.2) is 0 Å². The second-order valence-electron chi connectivity index (χ2n) is 4.58. The zero-order valence-electron chi connectivity index (χ0n) is 9.45. The van der Waals surface area contributed by atoms with Crippen molar-refractivity contribution >= 4 is 11.9 Å². The molecule has 0 N–H and O–H groups in total. The molecule has 0 saturated carbocycles. The standard InChI is InChI=1S/C10H14FNO4/c1-9(2)12-6(5-16-9)4-10(11,7(12)13)8(14)15-3/h6H,4-5H2,1-3H3. The Morgan fingerprint density at radius 1 is 1.62 bits per heavy atom. The molecule has 0 aromatic rings. The van der Waals surface area contributed by atoms with E-state index in [0.717, 1.165) is 7.11 Å². The van der Waals surface area contributed by atoms with Gasteiger partial charge in [0, 0.05) is 6.42 Å². The van der Waals surface area contributed by atoms with Crippen molar-refractivity contribution < 1.29 is 23.5 Å². The minimum Gasteiger partial charge on any atom is -0.466 e. The molecule has 16 heavy (non-hydrogen) atoms. The van der Waals surface area contributed by atoms with Crippen LogP contribution < -0.4 is 0 Å². The highest BCUT2D eigenvalue weighted by Gasteiger charge is 2.64. The first-order valence-electron chi connectivity index (χ1n) is 5.08. The van der Waals surface area contributed by atoms with Crippen molar-refractivity contribution in [3.8, 4) is 0 Å². The predicted molar refractivity (Wildman–Crippen MR) is 51.1 cm³/mol. The van der Waals surface area contributed by atoms with Crippen LogP contribution in [-0.4, -0.2) is 47.9 Å². The molecule has 2 aliphatic rings. The smallest absolute Gasteiger partial charge is 0.353 e. The summed E-state index contributed by atoms with van der Waals surface area (Å²) in [6.45, 7) is 3.60. The fourth-order valence-electron chi connectivity index (χ4n) is 2.38. The molecule has 2 unspecified atom stereocenters. The summed E-state index contributed by atoms with van der Waals surface area (Å²) in [6, 6.07) is -0.383. The highest BCUT2D eigenvalue weighted by atomic mass is 19.1. The Balaban J connectivity index is 2.32. The van der Waals surface area contributed by atoms with Crippen LogP contribution in [0.25, 0.3) is 0 Å². The molecule has 2 heterocycles. The normalized spacial score (nSPS) is 36.4. The van der Waals surface area contributed by atoms with Gasteiger partial charge in [0.1, 0.15) is 5.72 Å². The molecule has 2 atom stereocenters. The molecule has 2 aliphatic heterocycles. The molecule has 5 nitrogen and oxygen atoms in total. The van der Waals surface area contributed by atoms with Crippen molar-refractivity contribution in [3.05, 3.63) is 0 Å². The Labute approximate surface area is 92.5 Å². The van der Waals surface area contributed by atoms with Gasteiger partial charge in [0.15, 0.2) is 0 Å². The van der Waals surface area contributed by atoms with Crippen LogP contribution in [0.3, 0.4) is 0 Å². The fraction of sp³-hybridized carbons (Fsp3) is 0.800. The SMILES string of the molecule is COC(=O)C1(F)CC2COC(C)(C)N2C1=O. The second-order valence-corrected chi connectivity index (χ2v) is 4.58. The van der Waals surface area contributed by atoms with E-state index >= 15 is 0 Å². The molecule has 0 spiro atoms. The van der Waals surface area contributed by atoms with Gasteiger partial charge in [0.25, 0.3) is 11.6 Å². The molecular formula is C10H14FNO4. The second kappa shape index (κ2) is 3.16. The van der Waals surface area contributed by atoms with Crippen LogP contribution >= 0.6 is 0 Å². The Hall–Kier alpha value is -1.17. The zero-order chi connectivity index (χ0) is 12.1. The first-order chi connectivity index (χ1) is 7.33. The molecule has 1 amide bonds. The number of methoxy groups -OCH3 is 1. The van der Waals surface area contributed by atoms with Gasteiger partial charge in [-0.15, -0.1) is 0 Å². The van der Waals surface area contributed by atoms with Gasteiger partial charge >= 0.3 is 5.97 Å². The van der Waals surface area contributed by atoms with E-state index in [1.165, 1.54) is 4.90 Å². The van der Waals surface area contributed by atoms with E-state index in [2.05, 4.69) is 4.74 Å². The molecule has 2 fully saturated rings. The van der Waals surface area contributed by atoms with Gasteiger partial charge in [-0.2, -0.15) is 0 Å². The van der Waals surface area contributed by atoms with Gasteiger partial charge in [-0.05, 0) is 13.8 Å². The molecule has 2 saturated heterocycles. The van der Waals surface area contributed by atoms with Crippen LogP contribution in [0, 0.1) is 0 Å². The highest BCUT2D eigenvalue weighted by molar-refractivity contribution is 6.08. The highest BCUT2D eigenvalue weighted by Crippen LogP contribution is 2.42. The van der Waals surface area contributed by atoms with Gasteiger partial charge in [-0.25, -0.2) is 9.18 Å². The number of ether oxygens (including phenoxy) is 2. The Bertz CT molecular complexity index is 357. The van der Waals surface area contributed by atoms with Crippen LogP contribution in [0.2, 0.25) is 0 Å². The summed E-state index contributed by atoms with van der Waals surface area (Å²) < 4.78 is 24.0. The molecule has 90 valence electrons. The molecule has 0 aromatic heterocycles. The average Bonchev–Trinajstić information content (AvgIpc) is 2.65. The lowest BCUT2D eigenvalue weighted by molar-refractivity contribution is -0.166. The fourth-order valence-corrected chi connectivity index (χ4v) is 2.38. The maximum Gasteiger partial charge on any atom is 0.353 e. The molecule has 0 bridgehead atoms. The summed E-state index contributed by atoms with van der Waals surface area (Å²) in [5, 5.41) is 0. The van der Waals surface area contributed by atoms with Crippen LogP contribution in [0.4, 0.5) is 4.39 Å². The van der Waals surface area contributed by atoms with Crippen molar-refractivity contribution in [1.82, 2.24) is 4.90 Å². The van der Waals surface area contributed by atoms with E-state index in [-0.39, 0.29) is 19.1 Å². The Kier molecular flexibility index (Phi) is 2.24. The van der Waals surface area contributed by atoms with E-state index in [1.807, 2.05) is 0 Å². The number of hydrogen-bond acceptors (Lipinski definition) is 4. The minimum absolute atomic E-state index is 0.193. The summed E-state index contributed by atoms with van der Waals surface area (Å²) >= 11 is 0. The van der Waals surface area contributed by atoms with Gasteiger partial charge in [-0.1, -0.05) is 0 Å². The largest absolute Gasteiger partial charge is 0.466 e. The number of carbonyl (C=O) groups is 2. The van der Waals surface area contributed by atoms with E-state index in [9.17, 15) is 14.0 Å². The number of esters is 1. The quantitative estimate of drug-likeness (QED) is 0.479. The Morgan fingerprint density at radius 2 is 2.25 bits per heavy atom. The molecule has 2 rings (SSSR count). The number of rotatable bonds is 1. The summed E-state index contributed by atoms with van der Waals surface area (Å²) in [4.78, 5) is 24.5. The monoisotopic (exact) mass is 231 g/mol. The summed E-state index contributed by atoms with van der Waals surface area (Å²) in [6.07, 6.45) is -0.193. The molecule has 0 aromatic carbocycles. The van der Waals surface area contributed by atoms with E-state index in [1.54, 1.807) is 13.8 Å².